The van der Waals surface area contributed by atoms with E-state index in [1.54, 1.807) is 4.68 Å². The minimum absolute atomic E-state index is 0.116. The fourth-order valence-corrected chi connectivity index (χ4v) is 5.18. The minimum atomic E-state index is -0.164. The first-order chi connectivity index (χ1) is 19.0. The second-order valence-electron chi connectivity index (χ2n) is 9.80. The zero-order valence-electron chi connectivity index (χ0n) is 22.2. The molecule has 1 aliphatic heterocycles. The summed E-state index contributed by atoms with van der Waals surface area (Å²) < 4.78 is 10.1. The molecule has 1 atom stereocenters. The Morgan fingerprint density at radius 3 is 2.15 bits per heavy atom. The number of para-hydroxylation sites is 2. The predicted molar refractivity (Wildman–Crippen MR) is 157 cm³/mol. The van der Waals surface area contributed by atoms with Crippen molar-refractivity contribution >= 4 is 17.7 Å². The maximum Gasteiger partial charge on any atom is 0.297 e. The Morgan fingerprint density at radius 1 is 0.795 bits per heavy atom. The van der Waals surface area contributed by atoms with Crippen LogP contribution in [0.25, 0.3) is 11.4 Å². The average molecular weight is 512 g/mol. The smallest absolute Gasteiger partial charge is 0.297 e. The van der Waals surface area contributed by atoms with Crippen molar-refractivity contribution in [1.82, 2.24) is 9.36 Å². The molecule has 192 valence electrons. The van der Waals surface area contributed by atoms with Gasteiger partial charge in [0.2, 0.25) is 0 Å². The lowest BCUT2D eigenvalue weighted by Crippen LogP contribution is -2.19. The molecule has 0 saturated heterocycles. The van der Waals surface area contributed by atoms with Gasteiger partial charge in [-0.1, -0.05) is 96.6 Å². The summed E-state index contributed by atoms with van der Waals surface area (Å²) in [6.07, 6.45) is 1.82. The fraction of sp³-hybridized carbons (Fsp3) is 0.118. The van der Waals surface area contributed by atoms with Crippen LogP contribution in [-0.4, -0.2) is 15.6 Å². The van der Waals surface area contributed by atoms with E-state index in [4.69, 9.17) is 9.73 Å². The molecule has 4 aromatic carbocycles. The van der Waals surface area contributed by atoms with Gasteiger partial charge in [0.05, 0.1) is 11.4 Å². The van der Waals surface area contributed by atoms with Crippen LogP contribution in [0.4, 0.5) is 5.69 Å². The van der Waals surface area contributed by atoms with E-state index >= 15 is 0 Å². The average Bonchev–Trinajstić information content (AvgIpc) is 3.19. The van der Waals surface area contributed by atoms with E-state index in [0.29, 0.717) is 5.69 Å². The topological polar surface area (TPSA) is 48.5 Å². The third kappa shape index (κ3) is 4.42. The summed E-state index contributed by atoms with van der Waals surface area (Å²) in [5, 5.41) is 0. The van der Waals surface area contributed by atoms with Crippen LogP contribution in [0.2, 0.25) is 0 Å². The number of nitrogens with zero attached hydrogens (tertiary/aromatic N) is 3. The first kappa shape index (κ1) is 24.4. The molecular formula is C34H29N3O2. The summed E-state index contributed by atoms with van der Waals surface area (Å²) in [6, 6.07) is 36.4. The van der Waals surface area contributed by atoms with Gasteiger partial charge in [0.15, 0.2) is 5.69 Å². The highest BCUT2D eigenvalue weighted by atomic mass is 16.5. The van der Waals surface area contributed by atoms with Crippen molar-refractivity contribution in [1.29, 1.82) is 0 Å². The highest BCUT2D eigenvalue weighted by Gasteiger charge is 2.31. The Hall–Kier alpha value is -4.90. The number of aliphatic imine (C=N–C) groups is 1. The molecule has 39 heavy (non-hydrogen) atoms. The Labute approximate surface area is 228 Å². The number of allylic oxidation sites excluding steroid dienone is 1. The number of aromatic nitrogens is 2. The number of fused-ring (bicyclic) bond motifs is 1. The van der Waals surface area contributed by atoms with Crippen LogP contribution in [-0.2, 0) is 7.05 Å². The van der Waals surface area contributed by atoms with Gasteiger partial charge < -0.3 is 4.74 Å². The second kappa shape index (κ2) is 10.1. The number of ether oxygens (including phenoxy) is 1. The fourth-order valence-electron chi connectivity index (χ4n) is 5.18. The summed E-state index contributed by atoms with van der Waals surface area (Å²) in [4.78, 5) is 18.5. The van der Waals surface area contributed by atoms with Crippen molar-refractivity contribution in [3.63, 3.8) is 0 Å². The number of aryl methyl sites for hydroxylation is 1. The van der Waals surface area contributed by atoms with Gasteiger partial charge in [-0.3, -0.25) is 9.48 Å². The molecular weight excluding hydrogens is 482 g/mol. The van der Waals surface area contributed by atoms with E-state index in [1.807, 2.05) is 104 Å². The molecule has 5 heteroatoms. The number of rotatable bonds is 5. The van der Waals surface area contributed by atoms with Gasteiger partial charge in [-0.25, -0.2) is 9.67 Å². The molecule has 0 amide bonds. The summed E-state index contributed by atoms with van der Waals surface area (Å²) in [6.45, 7) is 4.01. The molecule has 5 aromatic rings. The van der Waals surface area contributed by atoms with E-state index in [2.05, 4.69) is 37.3 Å². The molecule has 2 heterocycles. The van der Waals surface area contributed by atoms with Gasteiger partial charge in [-0.05, 0) is 37.6 Å². The summed E-state index contributed by atoms with van der Waals surface area (Å²) in [7, 11) is 1.88. The minimum Gasteiger partial charge on any atom is -0.456 e. The molecule has 0 radical (unpaired) electrons. The zero-order chi connectivity index (χ0) is 26.9. The van der Waals surface area contributed by atoms with E-state index in [1.165, 1.54) is 5.56 Å². The van der Waals surface area contributed by atoms with Crippen LogP contribution < -0.4 is 10.3 Å². The lowest BCUT2D eigenvalue weighted by molar-refractivity contribution is 0.489. The van der Waals surface area contributed by atoms with Crippen molar-refractivity contribution < 1.29 is 4.74 Å². The van der Waals surface area contributed by atoms with Gasteiger partial charge in [-0.2, -0.15) is 0 Å². The van der Waals surface area contributed by atoms with Crippen molar-refractivity contribution in [3.05, 3.63) is 153 Å². The lowest BCUT2D eigenvalue weighted by Gasteiger charge is -2.30. The summed E-state index contributed by atoms with van der Waals surface area (Å²) in [5.41, 5.74) is 7.08. The van der Waals surface area contributed by atoms with Gasteiger partial charge in [-0.15, -0.1) is 0 Å². The molecule has 5 nitrogen and oxygen atoms in total. The quantitative estimate of drug-likeness (QED) is 0.236. The van der Waals surface area contributed by atoms with E-state index < -0.39 is 0 Å². The van der Waals surface area contributed by atoms with Crippen LogP contribution in [0.1, 0.15) is 33.9 Å². The molecule has 6 rings (SSSR count). The first-order valence-electron chi connectivity index (χ1n) is 13.0. The third-order valence-corrected chi connectivity index (χ3v) is 7.32. The van der Waals surface area contributed by atoms with Crippen LogP contribution >= 0.6 is 0 Å². The maximum atomic E-state index is 13.6. The van der Waals surface area contributed by atoms with E-state index in [9.17, 15) is 4.79 Å². The molecule has 0 N–H and O–H groups in total. The monoisotopic (exact) mass is 511 g/mol. The van der Waals surface area contributed by atoms with Gasteiger partial charge in [0, 0.05) is 35.9 Å². The molecule has 1 unspecified atom stereocenters. The van der Waals surface area contributed by atoms with Crippen molar-refractivity contribution in [3.8, 4) is 11.4 Å². The Morgan fingerprint density at radius 2 is 1.44 bits per heavy atom. The van der Waals surface area contributed by atoms with E-state index in [-0.39, 0.29) is 11.5 Å². The van der Waals surface area contributed by atoms with Crippen LogP contribution in [0.15, 0.2) is 125 Å². The first-order valence-corrected chi connectivity index (χ1v) is 13.0. The Bertz CT molecular complexity index is 1760. The van der Waals surface area contributed by atoms with Crippen LogP contribution in [0.5, 0.6) is 5.75 Å². The zero-order valence-corrected chi connectivity index (χ0v) is 22.2. The summed E-state index contributed by atoms with van der Waals surface area (Å²) >= 11 is 0. The van der Waals surface area contributed by atoms with Crippen LogP contribution in [0.3, 0.4) is 0 Å². The number of benzene rings is 4. The van der Waals surface area contributed by atoms with Crippen molar-refractivity contribution in [2.45, 2.75) is 19.8 Å². The maximum absolute atomic E-state index is 13.6. The molecule has 1 aromatic heterocycles. The van der Waals surface area contributed by atoms with Gasteiger partial charge in [0.1, 0.15) is 11.5 Å². The number of hydrogen-bond acceptors (Lipinski definition) is 3. The number of hydrogen-bond donors (Lipinski definition) is 0. The molecule has 0 aliphatic carbocycles. The lowest BCUT2D eigenvalue weighted by atomic mass is 9.81. The molecule has 0 fully saturated rings. The summed E-state index contributed by atoms with van der Waals surface area (Å²) in [5.74, 6) is 1.44. The molecule has 0 spiro atoms. The van der Waals surface area contributed by atoms with Crippen molar-refractivity contribution in [2.24, 2.45) is 12.0 Å². The molecule has 0 bridgehead atoms. The standard InChI is InChI=1S/C34H29N3O2/c1-23-18-20-25(21-19-23)31-28-16-10-11-17-30(28)39-33(26-12-6-4-7-13-26)29(31)22-35-32-24(2)36(3)37(34(32)38)27-14-8-5-9-15-27/h4-22,31H,1-3H3. The van der Waals surface area contributed by atoms with Gasteiger partial charge in [0.25, 0.3) is 5.56 Å². The SMILES string of the molecule is Cc1ccc(C2C(C=Nc3c(C)n(C)n(-c4ccccc4)c3=O)=C(c3ccccc3)Oc3ccccc32)cc1. The third-order valence-electron chi connectivity index (χ3n) is 7.32. The van der Waals surface area contributed by atoms with Crippen molar-refractivity contribution in [2.75, 3.05) is 0 Å². The van der Waals surface area contributed by atoms with Crippen LogP contribution in [0, 0.1) is 13.8 Å². The second-order valence-corrected chi connectivity index (χ2v) is 9.80. The predicted octanol–water partition coefficient (Wildman–Crippen LogP) is 7.13. The largest absolute Gasteiger partial charge is 0.456 e. The Kier molecular flexibility index (Phi) is 6.33. The highest BCUT2D eigenvalue weighted by Crippen LogP contribution is 2.45. The highest BCUT2D eigenvalue weighted by molar-refractivity contribution is 5.95. The Balaban J connectivity index is 1.56. The normalized spacial score (nSPS) is 14.9. The molecule has 1 aliphatic rings. The molecule has 0 saturated carbocycles. The van der Waals surface area contributed by atoms with Gasteiger partial charge >= 0.3 is 0 Å². The van der Waals surface area contributed by atoms with E-state index in [0.717, 1.165) is 45.2 Å².